The Bertz CT molecular complexity index is 722. The van der Waals surface area contributed by atoms with Gasteiger partial charge in [0.25, 0.3) is 0 Å². The van der Waals surface area contributed by atoms with Crippen LogP contribution in [0.4, 0.5) is 22.1 Å². The molecule has 0 N–H and O–H groups in total. The fraction of sp³-hybridized carbons (Fsp3) is 0.529. The zero-order valence-corrected chi connectivity index (χ0v) is 14.4. The standard InChI is InChI=1S/C17H22FN7/c1-13-10-15(23-4-2-3-5-23)22-17(21-13)25-8-6-24(7-9-25)16-19-11-14(18)12-20-16/h10-12H,2-9H2,1H3. The lowest BCUT2D eigenvalue weighted by Gasteiger charge is -2.35. The minimum absolute atomic E-state index is 0.412. The zero-order valence-electron chi connectivity index (χ0n) is 14.4. The van der Waals surface area contributed by atoms with Crippen LogP contribution in [0.3, 0.4) is 0 Å². The first-order valence-electron chi connectivity index (χ1n) is 8.77. The number of anilines is 3. The molecule has 4 rings (SSSR count). The van der Waals surface area contributed by atoms with Crippen LogP contribution in [-0.2, 0) is 0 Å². The van der Waals surface area contributed by atoms with Gasteiger partial charge in [-0.15, -0.1) is 0 Å². The van der Waals surface area contributed by atoms with Crippen molar-refractivity contribution in [1.29, 1.82) is 0 Å². The highest BCUT2D eigenvalue weighted by atomic mass is 19.1. The second-order valence-corrected chi connectivity index (χ2v) is 6.54. The maximum Gasteiger partial charge on any atom is 0.227 e. The molecule has 2 aliphatic rings. The summed E-state index contributed by atoms with van der Waals surface area (Å²) in [5, 5.41) is 0. The van der Waals surface area contributed by atoms with Crippen molar-refractivity contribution in [2.45, 2.75) is 19.8 Å². The Hall–Kier alpha value is -2.51. The number of nitrogens with zero attached hydrogens (tertiary/aromatic N) is 7. The average Bonchev–Trinajstić information content (AvgIpc) is 3.17. The first kappa shape index (κ1) is 16.0. The summed E-state index contributed by atoms with van der Waals surface area (Å²) in [5.41, 5.74) is 0.996. The molecule has 2 saturated heterocycles. The van der Waals surface area contributed by atoms with Crippen molar-refractivity contribution in [3.63, 3.8) is 0 Å². The van der Waals surface area contributed by atoms with Gasteiger partial charge in [-0.2, -0.15) is 4.98 Å². The van der Waals surface area contributed by atoms with E-state index in [2.05, 4.69) is 35.7 Å². The van der Waals surface area contributed by atoms with Gasteiger partial charge >= 0.3 is 0 Å². The molecular weight excluding hydrogens is 321 g/mol. The van der Waals surface area contributed by atoms with Crippen molar-refractivity contribution in [1.82, 2.24) is 19.9 Å². The Kier molecular flexibility index (Phi) is 4.33. The van der Waals surface area contributed by atoms with Gasteiger partial charge in [0.15, 0.2) is 5.82 Å². The van der Waals surface area contributed by atoms with Crippen LogP contribution in [0.15, 0.2) is 18.5 Å². The molecule has 7 nitrogen and oxygen atoms in total. The molecule has 2 aromatic rings. The Morgan fingerprint density at radius 1 is 0.800 bits per heavy atom. The van der Waals surface area contributed by atoms with Crippen molar-refractivity contribution in [2.75, 3.05) is 54.0 Å². The minimum Gasteiger partial charge on any atom is -0.356 e. The van der Waals surface area contributed by atoms with Crippen LogP contribution in [0.5, 0.6) is 0 Å². The normalized spacial score (nSPS) is 18.1. The van der Waals surface area contributed by atoms with Crippen molar-refractivity contribution in [3.8, 4) is 0 Å². The van der Waals surface area contributed by atoms with E-state index < -0.39 is 5.82 Å². The average molecular weight is 343 g/mol. The van der Waals surface area contributed by atoms with Gasteiger partial charge in [-0.1, -0.05) is 0 Å². The van der Waals surface area contributed by atoms with E-state index in [0.717, 1.165) is 56.7 Å². The maximum atomic E-state index is 13.0. The molecule has 0 radical (unpaired) electrons. The molecule has 2 aromatic heterocycles. The van der Waals surface area contributed by atoms with Gasteiger partial charge in [0, 0.05) is 51.0 Å². The first-order chi connectivity index (χ1) is 12.2. The van der Waals surface area contributed by atoms with Crippen LogP contribution >= 0.6 is 0 Å². The Labute approximate surface area is 146 Å². The summed E-state index contributed by atoms with van der Waals surface area (Å²) >= 11 is 0. The van der Waals surface area contributed by atoms with Crippen molar-refractivity contribution < 1.29 is 4.39 Å². The Morgan fingerprint density at radius 2 is 1.40 bits per heavy atom. The molecule has 0 spiro atoms. The number of hydrogen-bond acceptors (Lipinski definition) is 7. The number of piperazine rings is 1. The molecule has 0 aliphatic carbocycles. The third kappa shape index (κ3) is 3.47. The van der Waals surface area contributed by atoms with Crippen LogP contribution in [0.1, 0.15) is 18.5 Å². The van der Waals surface area contributed by atoms with E-state index in [4.69, 9.17) is 4.98 Å². The highest BCUT2D eigenvalue weighted by Crippen LogP contribution is 2.22. The largest absolute Gasteiger partial charge is 0.356 e. The summed E-state index contributed by atoms with van der Waals surface area (Å²) in [6.07, 6.45) is 4.88. The van der Waals surface area contributed by atoms with Gasteiger partial charge in [0.2, 0.25) is 11.9 Å². The van der Waals surface area contributed by atoms with Gasteiger partial charge in [-0.05, 0) is 19.8 Å². The van der Waals surface area contributed by atoms with Crippen molar-refractivity contribution in [2.24, 2.45) is 0 Å². The molecule has 2 aliphatic heterocycles. The van der Waals surface area contributed by atoms with Crippen LogP contribution in [-0.4, -0.2) is 59.2 Å². The Morgan fingerprint density at radius 3 is 2.04 bits per heavy atom. The smallest absolute Gasteiger partial charge is 0.227 e. The molecule has 0 saturated carbocycles. The highest BCUT2D eigenvalue weighted by Gasteiger charge is 2.22. The lowest BCUT2D eigenvalue weighted by Crippen LogP contribution is -2.47. The van der Waals surface area contributed by atoms with Crippen LogP contribution in [0, 0.1) is 12.7 Å². The van der Waals surface area contributed by atoms with E-state index in [1.807, 2.05) is 6.92 Å². The number of aromatic nitrogens is 4. The third-order valence-corrected chi connectivity index (χ3v) is 4.71. The molecule has 132 valence electrons. The maximum absolute atomic E-state index is 13.0. The van der Waals surface area contributed by atoms with Gasteiger partial charge in [-0.3, -0.25) is 0 Å². The van der Waals surface area contributed by atoms with Crippen molar-refractivity contribution >= 4 is 17.7 Å². The van der Waals surface area contributed by atoms with E-state index in [-0.39, 0.29) is 0 Å². The van der Waals surface area contributed by atoms with Gasteiger partial charge in [0.05, 0.1) is 12.4 Å². The molecular formula is C17H22FN7. The summed E-state index contributed by atoms with van der Waals surface area (Å²) < 4.78 is 13.0. The predicted octanol–water partition coefficient (Wildman–Crippen LogP) is 1.64. The summed E-state index contributed by atoms with van der Waals surface area (Å²) in [4.78, 5) is 24.1. The molecule has 0 bridgehead atoms. The van der Waals surface area contributed by atoms with E-state index in [0.29, 0.717) is 5.95 Å². The quantitative estimate of drug-likeness (QED) is 0.839. The molecule has 4 heterocycles. The lowest BCUT2D eigenvalue weighted by atomic mass is 10.3. The van der Waals surface area contributed by atoms with Crippen LogP contribution in [0.25, 0.3) is 0 Å². The minimum atomic E-state index is -0.412. The second kappa shape index (κ2) is 6.78. The fourth-order valence-electron chi connectivity index (χ4n) is 3.36. The molecule has 0 aromatic carbocycles. The molecule has 25 heavy (non-hydrogen) atoms. The number of hydrogen-bond donors (Lipinski definition) is 0. The molecule has 0 amide bonds. The van der Waals surface area contributed by atoms with E-state index in [1.54, 1.807) is 0 Å². The van der Waals surface area contributed by atoms with E-state index in [9.17, 15) is 4.39 Å². The van der Waals surface area contributed by atoms with E-state index in [1.165, 1.54) is 25.2 Å². The third-order valence-electron chi connectivity index (χ3n) is 4.71. The molecule has 2 fully saturated rings. The first-order valence-corrected chi connectivity index (χ1v) is 8.77. The fourth-order valence-corrected chi connectivity index (χ4v) is 3.36. The van der Waals surface area contributed by atoms with Crippen LogP contribution in [0.2, 0.25) is 0 Å². The number of halogens is 1. The summed E-state index contributed by atoms with van der Waals surface area (Å²) in [5.74, 6) is 1.99. The summed E-state index contributed by atoms with van der Waals surface area (Å²) in [6, 6.07) is 2.07. The van der Waals surface area contributed by atoms with Gasteiger partial charge in [0.1, 0.15) is 5.82 Å². The summed E-state index contributed by atoms with van der Waals surface area (Å²) in [7, 11) is 0. The molecule has 0 atom stereocenters. The monoisotopic (exact) mass is 343 g/mol. The highest BCUT2D eigenvalue weighted by molar-refractivity contribution is 5.47. The molecule has 8 heteroatoms. The van der Waals surface area contributed by atoms with Crippen LogP contribution < -0.4 is 14.7 Å². The topological polar surface area (TPSA) is 61.3 Å². The van der Waals surface area contributed by atoms with Gasteiger partial charge in [-0.25, -0.2) is 19.3 Å². The SMILES string of the molecule is Cc1cc(N2CCCC2)nc(N2CCN(c3ncc(F)cn3)CC2)n1. The Balaban J connectivity index is 1.46. The number of rotatable bonds is 3. The predicted molar refractivity (Wildman–Crippen MR) is 94.6 cm³/mol. The number of aryl methyl sites for hydroxylation is 1. The lowest BCUT2D eigenvalue weighted by molar-refractivity contribution is 0.599. The van der Waals surface area contributed by atoms with Crippen molar-refractivity contribution in [3.05, 3.63) is 30.0 Å². The van der Waals surface area contributed by atoms with E-state index >= 15 is 0 Å². The second-order valence-electron chi connectivity index (χ2n) is 6.54. The zero-order chi connectivity index (χ0) is 17.2. The van der Waals surface area contributed by atoms with Gasteiger partial charge < -0.3 is 14.7 Å². The summed E-state index contributed by atoms with van der Waals surface area (Å²) in [6.45, 7) is 7.29. The molecule has 0 unspecified atom stereocenters.